The van der Waals surface area contributed by atoms with Crippen LogP contribution in [0.5, 0.6) is 11.5 Å². The van der Waals surface area contributed by atoms with Crippen LogP contribution in [0, 0.1) is 0 Å². The topological polar surface area (TPSA) is 148 Å². The van der Waals surface area contributed by atoms with Gasteiger partial charge in [-0.25, -0.2) is 14.8 Å². The van der Waals surface area contributed by atoms with Gasteiger partial charge in [0, 0.05) is 37.0 Å². The van der Waals surface area contributed by atoms with Gasteiger partial charge in [-0.2, -0.15) is 0 Å². The van der Waals surface area contributed by atoms with Crippen LogP contribution in [0.3, 0.4) is 0 Å². The van der Waals surface area contributed by atoms with E-state index < -0.39 is 6.09 Å². The molecule has 0 atom stereocenters. The third-order valence-electron chi connectivity index (χ3n) is 6.09. The lowest BCUT2D eigenvalue weighted by atomic mass is 9.91. The van der Waals surface area contributed by atoms with Crippen LogP contribution in [-0.2, 0) is 4.74 Å². The number of carboxylic acid groups (broad SMARTS) is 1. The average molecular weight is 484 g/mol. The molecule has 186 valence electrons. The standard InChI is InChI=1S/C24H29N5O6/c1-33-9-10-35-19-11-16(34-2)7-8-17(19)20-22-21(27-13-26-20)18(12-25-22)23(30)28-14-3-5-15(6-4-14)29-24(31)32/h7-8,11-15,25,29H,3-6,9-10H2,1-2H3,(H,28,30)(H,31,32). The monoisotopic (exact) mass is 483 g/mol. The molecule has 3 aromatic rings. The third kappa shape index (κ3) is 5.62. The molecule has 0 unspecified atom stereocenters. The van der Waals surface area contributed by atoms with E-state index in [2.05, 4.69) is 25.6 Å². The molecule has 2 amide bonds. The number of carbonyl (C=O) groups is 2. The van der Waals surface area contributed by atoms with Gasteiger partial charge in [-0.1, -0.05) is 0 Å². The van der Waals surface area contributed by atoms with Crippen LogP contribution in [0.25, 0.3) is 22.3 Å². The van der Waals surface area contributed by atoms with Gasteiger partial charge in [0.05, 0.1) is 24.8 Å². The van der Waals surface area contributed by atoms with Crippen LogP contribution >= 0.6 is 0 Å². The molecule has 11 nitrogen and oxygen atoms in total. The maximum atomic E-state index is 13.1. The Bertz CT molecular complexity index is 1190. The van der Waals surface area contributed by atoms with Gasteiger partial charge in [0.2, 0.25) is 0 Å². The highest BCUT2D eigenvalue weighted by Crippen LogP contribution is 2.36. The van der Waals surface area contributed by atoms with Gasteiger partial charge in [-0.3, -0.25) is 4.79 Å². The van der Waals surface area contributed by atoms with Crippen LogP contribution in [-0.4, -0.2) is 71.6 Å². The summed E-state index contributed by atoms with van der Waals surface area (Å²) in [5, 5.41) is 14.5. The lowest BCUT2D eigenvalue weighted by Gasteiger charge is -2.28. The molecule has 0 saturated heterocycles. The highest BCUT2D eigenvalue weighted by atomic mass is 16.5. The molecule has 0 aliphatic heterocycles. The summed E-state index contributed by atoms with van der Waals surface area (Å²) < 4.78 is 16.3. The molecule has 11 heteroatoms. The number of benzene rings is 1. The zero-order chi connectivity index (χ0) is 24.8. The summed E-state index contributed by atoms with van der Waals surface area (Å²) in [5.74, 6) is 0.988. The summed E-state index contributed by atoms with van der Waals surface area (Å²) >= 11 is 0. The largest absolute Gasteiger partial charge is 0.497 e. The molecule has 1 aliphatic carbocycles. The summed E-state index contributed by atoms with van der Waals surface area (Å²) in [4.78, 5) is 35.9. The molecule has 1 fully saturated rings. The number of carbonyl (C=O) groups excluding carboxylic acids is 1. The molecule has 4 rings (SSSR count). The molecule has 0 spiro atoms. The van der Waals surface area contributed by atoms with E-state index in [0.717, 1.165) is 5.56 Å². The number of H-pyrrole nitrogens is 1. The number of fused-ring (bicyclic) bond motifs is 1. The highest BCUT2D eigenvalue weighted by Gasteiger charge is 2.25. The van der Waals surface area contributed by atoms with E-state index >= 15 is 0 Å². The Morgan fingerprint density at radius 2 is 1.83 bits per heavy atom. The number of hydrogen-bond acceptors (Lipinski definition) is 7. The fraction of sp³-hybridized carbons (Fsp3) is 0.417. The number of amides is 2. The summed E-state index contributed by atoms with van der Waals surface area (Å²) in [6.45, 7) is 0.782. The van der Waals surface area contributed by atoms with E-state index in [-0.39, 0.29) is 18.0 Å². The predicted octanol–water partition coefficient (Wildman–Crippen LogP) is 2.97. The molecule has 0 radical (unpaired) electrons. The third-order valence-corrected chi connectivity index (χ3v) is 6.09. The number of nitrogens with one attached hydrogen (secondary N) is 3. The minimum absolute atomic E-state index is 0.0250. The van der Waals surface area contributed by atoms with Gasteiger partial charge in [0.1, 0.15) is 35.6 Å². The zero-order valence-electron chi connectivity index (χ0n) is 19.7. The fourth-order valence-corrected chi connectivity index (χ4v) is 4.32. The van der Waals surface area contributed by atoms with E-state index in [9.17, 15) is 9.59 Å². The maximum absolute atomic E-state index is 13.1. The van der Waals surface area contributed by atoms with E-state index in [4.69, 9.17) is 19.3 Å². The van der Waals surface area contributed by atoms with Crippen molar-refractivity contribution in [2.45, 2.75) is 37.8 Å². The lowest BCUT2D eigenvalue weighted by molar-refractivity contribution is 0.0924. The van der Waals surface area contributed by atoms with E-state index in [0.29, 0.717) is 72.7 Å². The van der Waals surface area contributed by atoms with Gasteiger partial charge in [-0.05, 0) is 37.8 Å². The van der Waals surface area contributed by atoms with Crippen molar-refractivity contribution in [3.8, 4) is 22.8 Å². The van der Waals surface area contributed by atoms with Gasteiger partial charge < -0.3 is 34.9 Å². The fourth-order valence-electron chi connectivity index (χ4n) is 4.32. The van der Waals surface area contributed by atoms with Crippen molar-refractivity contribution < 1.29 is 28.9 Å². The first-order chi connectivity index (χ1) is 17.0. The smallest absolute Gasteiger partial charge is 0.404 e. The predicted molar refractivity (Wildman–Crippen MR) is 128 cm³/mol. The molecule has 1 aliphatic rings. The zero-order valence-corrected chi connectivity index (χ0v) is 19.7. The molecule has 2 heterocycles. The molecule has 0 bridgehead atoms. The Hall–Kier alpha value is -3.86. The molecule has 1 saturated carbocycles. The van der Waals surface area contributed by atoms with Crippen molar-refractivity contribution in [1.29, 1.82) is 0 Å². The number of rotatable bonds is 9. The highest BCUT2D eigenvalue weighted by molar-refractivity contribution is 6.08. The lowest BCUT2D eigenvalue weighted by Crippen LogP contribution is -2.43. The van der Waals surface area contributed by atoms with Gasteiger partial charge in [0.15, 0.2) is 0 Å². The van der Waals surface area contributed by atoms with Crippen LogP contribution in [0.15, 0.2) is 30.7 Å². The second-order valence-electron chi connectivity index (χ2n) is 8.32. The Morgan fingerprint density at radius 3 is 2.51 bits per heavy atom. The van der Waals surface area contributed by atoms with Gasteiger partial charge >= 0.3 is 6.09 Å². The SMILES string of the molecule is COCCOc1cc(OC)ccc1-c1ncnc2c(C(=O)NC3CCC(NC(=O)O)CC3)c[nH]c12. The van der Waals surface area contributed by atoms with Crippen molar-refractivity contribution in [2.75, 3.05) is 27.4 Å². The van der Waals surface area contributed by atoms with E-state index in [1.807, 2.05) is 12.1 Å². The van der Waals surface area contributed by atoms with Crippen LogP contribution < -0.4 is 20.1 Å². The van der Waals surface area contributed by atoms with Gasteiger partial charge in [0.25, 0.3) is 5.91 Å². The molecule has 35 heavy (non-hydrogen) atoms. The second-order valence-corrected chi connectivity index (χ2v) is 8.32. The number of aromatic nitrogens is 3. The number of ether oxygens (including phenoxy) is 3. The van der Waals surface area contributed by atoms with E-state index in [1.54, 1.807) is 26.5 Å². The first-order valence-electron chi connectivity index (χ1n) is 11.4. The first-order valence-corrected chi connectivity index (χ1v) is 11.4. The van der Waals surface area contributed by atoms with Crippen molar-refractivity contribution >= 4 is 23.0 Å². The number of nitrogens with zero attached hydrogens (tertiary/aromatic N) is 2. The molecular formula is C24H29N5O6. The van der Waals surface area contributed by atoms with E-state index in [1.165, 1.54) is 6.33 Å². The Kier molecular flexibility index (Phi) is 7.66. The maximum Gasteiger partial charge on any atom is 0.404 e. The minimum atomic E-state index is -1.02. The normalized spacial score (nSPS) is 17.7. The van der Waals surface area contributed by atoms with Crippen LogP contribution in [0.1, 0.15) is 36.0 Å². The van der Waals surface area contributed by atoms with Crippen molar-refractivity contribution in [1.82, 2.24) is 25.6 Å². The molecule has 2 aromatic heterocycles. The van der Waals surface area contributed by atoms with Crippen molar-refractivity contribution in [3.05, 3.63) is 36.3 Å². The number of hydrogen-bond donors (Lipinski definition) is 4. The summed E-state index contributed by atoms with van der Waals surface area (Å²) in [5.41, 5.74) is 2.88. The second kappa shape index (κ2) is 11.0. The van der Waals surface area contributed by atoms with Crippen LogP contribution in [0.2, 0.25) is 0 Å². The molecule has 1 aromatic carbocycles. The summed E-state index contributed by atoms with van der Waals surface area (Å²) in [6.07, 6.45) is 4.80. The Balaban J connectivity index is 1.55. The Morgan fingerprint density at radius 1 is 1.09 bits per heavy atom. The Labute approximate surface area is 202 Å². The van der Waals surface area contributed by atoms with Crippen molar-refractivity contribution in [3.63, 3.8) is 0 Å². The molecular weight excluding hydrogens is 454 g/mol. The summed E-state index contributed by atoms with van der Waals surface area (Å²) in [6, 6.07) is 5.35. The summed E-state index contributed by atoms with van der Waals surface area (Å²) in [7, 11) is 3.19. The quantitative estimate of drug-likeness (QED) is 0.340. The van der Waals surface area contributed by atoms with Crippen LogP contribution in [0.4, 0.5) is 4.79 Å². The number of aromatic amines is 1. The average Bonchev–Trinajstić information content (AvgIpc) is 3.30. The minimum Gasteiger partial charge on any atom is -0.497 e. The van der Waals surface area contributed by atoms with Crippen molar-refractivity contribution in [2.24, 2.45) is 0 Å². The number of methoxy groups -OCH3 is 2. The first kappa shape index (κ1) is 24.3. The van der Waals surface area contributed by atoms with Gasteiger partial charge in [-0.15, -0.1) is 0 Å². The molecule has 4 N–H and O–H groups in total.